The van der Waals surface area contributed by atoms with Crippen LogP contribution in [0.5, 0.6) is 0 Å². The van der Waals surface area contributed by atoms with Crippen molar-refractivity contribution in [1.82, 2.24) is 0 Å². The summed E-state index contributed by atoms with van der Waals surface area (Å²) >= 11 is 0. The molecule has 0 radical (unpaired) electrons. The number of carbonyl (C=O) groups is 1. The smallest absolute Gasteiger partial charge is 0.133 e. The number of hydrogen-bond donors (Lipinski definition) is 0. The zero-order valence-electron chi connectivity index (χ0n) is 17.8. The largest absolute Gasteiger partial charge is 0.370 e. The van der Waals surface area contributed by atoms with Gasteiger partial charge in [0.05, 0.1) is 0 Å². The maximum absolute atomic E-state index is 12.0. The zero-order chi connectivity index (χ0) is 19.6. The Morgan fingerprint density at radius 2 is 1.62 bits per heavy atom. The van der Waals surface area contributed by atoms with Gasteiger partial charge < -0.3 is 4.90 Å². The summed E-state index contributed by atoms with van der Waals surface area (Å²) in [5, 5.41) is 0. The number of ketones is 1. The number of benzene rings is 1. The summed E-state index contributed by atoms with van der Waals surface area (Å²) in [5.74, 6) is 2.17. The summed E-state index contributed by atoms with van der Waals surface area (Å²) in [5.41, 5.74) is 5.74. The summed E-state index contributed by atoms with van der Waals surface area (Å²) in [6, 6.07) is 4.83. The van der Waals surface area contributed by atoms with Gasteiger partial charge in [-0.1, -0.05) is 59.8 Å². The minimum absolute atomic E-state index is 0.128. The van der Waals surface area contributed by atoms with Crippen molar-refractivity contribution in [1.29, 1.82) is 0 Å². The summed E-state index contributed by atoms with van der Waals surface area (Å²) in [6.07, 6.45) is 2.91. The Labute approximate surface area is 160 Å². The highest BCUT2D eigenvalue weighted by Gasteiger charge is 2.32. The van der Waals surface area contributed by atoms with Crippen LogP contribution in [0.2, 0.25) is 0 Å². The number of anilines is 1. The fraction of sp³-hybridized carbons (Fsp3) is 0.625. The molecule has 1 aromatic rings. The van der Waals surface area contributed by atoms with Crippen LogP contribution in [0.25, 0.3) is 0 Å². The topological polar surface area (TPSA) is 20.3 Å². The van der Waals surface area contributed by atoms with E-state index in [2.05, 4.69) is 65.2 Å². The highest BCUT2D eigenvalue weighted by molar-refractivity contribution is 5.79. The number of rotatable bonds is 6. The SMILES string of the molecule is C=C[C@H]1CN(c2c(C(C)C)cc(C(C)C)cc2C(C)C)CC[C@H]1C(C)=O. The summed E-state index contributed by atoms with van der Waals surface area (Å²) in [7, 11) is 0. The molecule has 0 aliphatic carbocycles. The molecule has 0 amide bonds. The first-order chi connectivity index (χ1) is 12.2. The number of nitrogens with zero attached hydrogens (tertiary/aromatic N) is 1. The molecule has 26 heavy (non-hydrogen) atoms. The molecule has 0 aromatic heterocycles. The molecule has 1 aliphatic rings. The van der Waals surface area contributed by atoms with Gasteiger partial charge in [0.2, 0.25) is 0 Å². The summed E-state index contributed by atoms with van der Waals surface area (Å²) in [6.45, 7) is 21.3. The third kappa shape index (κ3) is 4.22. The summed E-state index contributed by atoms with van der Waals surface area (Å²) in [4.78, 5) is 14.5. The lowest BCUT2D eigenvalue weighted by atomic mass is 9.81. The van der Waals surface area contributed by atoms with Gasteiger partial charge in [0.15, 0.2) is 0 Å². The Bertz CT molecular complexity index is 627. The van der Waals surface area contributed by atoms with Gasteiger partial charge in [-0.25, -0.2) is 0 Å². The molecular weight excluding hydrogens is 318 g/mol. The minimum atomic E-state index is 0.128. The Balaban J connectivity index is 2.53. The normalized spacial score (nSPS) is 20.9. The van der Waals surface area contributed by atoms with E-state index < -0.39 is 0 Å². The monoisotopic (exact) mass is 355 g/mol. The van der Waals surface area contributed by atoms with Crippen LogP contribution < -0.4 is 4.90 Å². The fourth-order valence-electron chi connectivity index (χ4n) is 4.21. The molecule has 2 nitrogen and oxygen atoms in total. The lowest BCUT2D eigenvalue weighted by Gasteiger charge is -2.40. The van der Waals surface area contributed by atoms with E-state index in [1.165, 1.54) is 22.4 Å². The first-order valence-corrected chi connectivity index (χ1v) is 10.2. The highest BCUT2D eigenvalue weighted by atomic mass is 16.1. The highest BCUT2D eigenvalue weighted by Crippen LogP contribution is 2.40. The van der Waals surface area contributed by atoms with Crippen molar-refractivity contribution in [3.8, 4) is 0 Å². The third-order valence-electron chi connectivity index (χ3n) is 5.90. The second kappa shape index (κ2) is 8.41. The average molecular weight is 356 g/mol. The van der Waals surface area contributed by atoms with E-state index in [1.807, 2.05) is 6.08 Å². The molecule has 0 bridgehead atoms. The van der Waals surface area contributed by atoms with Crippen LogP contribution in [-0.4, -0.2) is 18.9 Å². The average Bonchev–Trinajstić information content (AvgIpc) is 2.59. The number of carbonyl (C=O) groups excluding carboxylic acids is 1. The van der Waals surface area contributed by atoms with Crippen molar-refractivity contribution in [2.24, 2.45) is 11.8 Å². The molecule has 1 fully saturated rings. The van der Waals surface area contributed by atoms with Gasteiger partial charge in [-0.15, -0.1) is 6.58 Å². The van der Waals surface area contributed by atoms with Crippen molar-refractivity contribution in [2.75, 3.05) is 18.0 Å². The van der Waals surface area contributed by atoms with Gasteiger partial charge in [0.1, 0.15) is 5.78 Å². The molecule has 2 heteroatoms. The van der Waals surface area contributed by atoms with Gasteiger partial charge >= 0.3 is 0 Å². The molecule has 0 spiro atoms. The second-order valence-corrected chi connectivity index (χ2v) is 8.86. The molecule has 1 heterocycles. The van der Waals surface area contributed by atoms with Gasteiger partial charge in [-0.05, 0) is 47.8 Å². The third-order valence-corrected chi connectivity index (χ3v) is 5.90. The lowest BCUT2D eigenvalue weighted by molar-refractivity contribution is -0.122. The molecule has 2 atom stereocenters. The van der Waals surface area contributed by atoms with E-state index in [-0.39, 0.29) is 11.8 Å². The predicted octanol–water partition coefficient (Wildman–Crippen LogP) is 6.27. The standard InChI is InChI=1S/C24H37NO/c1-9-19-14-25(11-10-21(19)18(8)26)24-22(16(4)5)12-20(15(2)3)13-23(24)17(6)7/h9,12-13,15-17,19,21H,1,10-11,14H2,2-8H3/t19-,21-/m0/s1. The number of Topliss-reactive ketones (excluding diaryl/α,β-unsaturated/α-hetero) is 1. The van der Waals surface area contributed by atoms with Crippen molar-refractivity contribution < 1.29 is 4.79 Å². The lowest BCUT2D eigenvalue weighted by Crippen LogP contribution is -2.43. The van der Waals surface area contributed by atoms with Crippen molar-refractivity contribution in [3.63, 3.8) is 0 Å². The summed E-state index contributed by atoms with van der Waals surface area (Å²) < 4.78 is 0. The first kappa shape index (κ1) is 20.7. The molecule has 0 N–H and O–H groups in total. The molecule has 1 aliphatic heterocycles. The van der Waals surface area contributed by atoms with Gasteiger partial charge in [0.25, 0.3) is 0 Å². The minimum Gasteiger partial charge on any atom is -0.370 e. The van der Waals surface area contributed by atoms with Crippen LogP contribution in [0.1, 0.15) is 89.3 Å². The molecular formula is C24H37NO. The molecule has 2 rings (SSSR count). The van der Waals surface area contributed by atoms with E-state index in [0.29, 0.717) is 23.5 Å². The molecule has 144 valence electrons. The van der Waals surface area contributed by atoms with E-state index in [4.69, 9.17) is 0 Å². The fourth-order valence-corrected chi connectivity index (χ4v) is 4.21. The van der Waals surface area contributed by atoms with Crippen LogP contribution >= 0.6 is 0 Å². The van der Waals surface area contributed by atoms with Crippen LogP contribution in [-0.2, 0) is 4.79 Å². The molecule has 1 aromatic carbocycles. The van der Waals surface area contributed by atoms with E-state index >= 15 is 0 Å². The maximum atomic E-state index is 12.0. The molecule has 1 saturated heterocycles. The van der Waals surface area contributed by atoms with E-state index in [0.717, 1.165) is 19.5 Å². The molecule has 0 saturated carbocycles. The van der Waals surface area contributed by atoms with Gasteiger partial charge in [0, 0.05) is 30.6 Å². The number of piperidine rings is 1. The second-order valence-electron chi connectivity index (χ2n) is 8.86. The Morgan fingerprint density at radius 3 is 2.00 bits per heavy atom. The maximum Gasteiger partial charge on any atom is 0.133 e. The number of hydrogen-bond acceptors (Lipinski definition) is 2. The quantitative estimate of drug-likeness (QED) is 0.560. The zero-order valence-corrected chi connectivity index (χ0v) is 17.8. The van der Waals surface area contributed by atoms with E-state index in [9.17, 15) is 4.79 Å². The Kier molecular flexibility index (Phi) is 6.71. The van der Waals surface area contributed by atoms with Crippen LogP contribution in [0.4, 0.5) is 5.69 Å². The van der Waals surface area contributed by atoms with E-state index in [1.54, 1.807) is 6.92 Å². The van der Waals surface area contributed by atoms with Crippen molar-refractivity contribution >= 4 is 11.5 Å². The van der Waals surface area contributed by atoms with Gasteiger partial charge in [-0.3, -0.25) is 4.79 Å². The van der Waals surface area contributed by atoms with Crippen LogP contribution in [0.3, 0.4) is 0 Å². The van der Waals surface area contributed by atoms with Crippen molar-refractivity contribution in [2.45, 2.75) is 72.6 Å². The molecule has 0 unspecified atom stereocenters. The predicted molar refractivity (Wildman–Crippen MR) is 113 cm³/mol. The van der Waals surface area contributed by atoms with Gasteiger partial charge in [-0.2, -0.15) is 0 Å². The Morgan fingerprint density at radius 1 is 1.08 bits per heavy atom. The van der Waals surface area contributed by atoms with Crippen LogP contribution in [0, 0.1) is 11.8 Å². The van der Waals surface area contributed by atoms with Crippen molar-refractivity contribution in [3.05, 3.63) is 41.5 Å². The first-order valence-electron chi connectivity index (χ1n) is 10.2. The van der Waals surface area contributed by atoms with Crippen LogP contribution in [0.15, 0.2) is 24.8 Å². The Hall–Kier alpha value is -1.57.